The van der Waals surface area contributed by atoms with Crippen LogP contribution in [0.2, 0.25) is 0 Å². The van der Waals surface area contributed by atoms with Gasteiger partial charge in [0, 0.05) is 40.4 Å². The number of halogens is 3. The lowest BCUT2D eigenvalue weighted by Crippen LogP contribution is -2.20. The van der Waals surface area contributed by atoms with E-state index in [1.54, 1.807) is 12.3 Å². The van der Waals surface area contributed by atoms with E-state index in [1.807, 2.05) is 48.8 Å². The molecule has 0 saturated carbocycles. The molecular formula is C23H18BrClFN5O. The first kappa shape index (κ1) is 21.9. The Kier molecular flexibility index (Phi) is 6.16. The number of anilines is 2. The molecule has 2 amide bonds. The van der Waals surface area contributed by atoms with Gasteiger partial charge in [0.25, 0.3) is 0 Å². The minimum Gasteiger partial charge on any atom is -0.346 e. The fourth-order valence-corrected chi connectivity index (χ4v) is 4.04. The summed E-state index contributed by atoms with van der Waals surface area (Å²) in [4.78, 5) is 19.9. The summed E-state index contributed by atoms with van der Waals surface area (Å²) >= 11 is 3.28. The second kappa shape index (κ2) is 9.02. The van der Waals surface area contributed by atoms with Gasteiger partial charge in [-0.15, -0.1) is 12.4 Å². The van der Waals surface area contributed by atoms with Crippen molar-refractivity contribution < 1.29 is 9.18 Å². The van der Waals surface area contributed by atoms with Crippen molar-refractivity contribution >= 4 is 67.7 Å². The van der Waals surface area contributed by atoms with Gasteiger partial charge in [0.15, 0.2) is 0 Å². The van der Waals surface area contributed by atoms with Gasteiger partial charge in [0.2, 0.25) is 0 Å². The van der Waals surface area contributed by atoms with Crippen LogP contribution >= 0.6 is 28.3 Å². The smallest absolute Gasteiger partial charge is 0.323 e. The quantitative estimate of drug-likeness (QED) is 0.255. The Morgan fingerprint density at radius 3 is 2.78 bits per heavy atom. The molecule has 0 spiro atoms. The van der Waals surface area contributed by atoms with Crippen molar-refractivity contribution in [2.24, 2.45) is 0 Å². The SMILES string of the molecule is Cl.O=C(Nc1cc(Br)ccc1F)Nc1cccc2c1ccn2Cc1ccnc2[nH]ccc12. The van der Waals surface area contributed by atoms with E-state index < -0.39 is 11.8 Å². The molecule has 5 rings (SSSR count). The topological polar surface area (TPSA) is 74.7 Å². The van der Waals surface area contributed by atoms with Crippen molar-refractivity contribution in [1.82, 2.24) is 14.5 Å². The zero-order valence-corrected chi connectivity index (χ0v) is 19.0. The molecule has 3 heterocycles. The van der Waals surface area contributed by atoms with Crippen LogP contribution in [0.1, 0.15) is 5.56 Å². The summed E-state index contributed by atoms with van der Waals surface area (Å²) < 4.78 is 16.7. The Morgan fingerprint density at radius 2 is 1.91 bits per heavy atom. The first-order chi connectivity index (χ1) is 15.1. The molecule has 0 unspecified atom stereocenters. The predicted octanol–water partition coefficient (Wildman–Crippen LogP) is 6.53. The molecule has 9 heteroatoms. The Balaban J connectivity index is 0.00000245. The molecule has 5 aromatic rings. The number of amides is 2. The Hall–Kier alpha value is -3.36. The summed E-state index contributed by atoms with van der Waals surface area (Å²) in [5.74, 6) is -0.504. The van der Waals surface area contributed by atoms with Crippen molar-refractivity contribution in [1.29, 1.82) is 0 Å². The Bertz CT molecular complexity index is 1430. The Morgan fingerprint density at radius 1 is 1.06 bits per heavy atom. The number of carbonyl (C=O) groups excluding carboxylic acids is 1. The number of nitrogens with one attached hydrogen (secondary N) is 3. The maximum Gasteiger partial charge on any atom is 0.323 e. The van der Waals surface area contributed by atoms with E-state index in [0.717, 1.165) is 27.5 Å². The highest BCUT2D eigenvalue weighted by atomic mass is 79.9. The van der Waals surface area contributed by atoms with Gasteiger partial charge in [-0.1, -0.05) is 22.0 Å². The number of H-pyrrole nitrogens is 1. The van der Waals surface area contributed by atoms with Gasteiger partial charge >= 0.3 is 6.03 Å². The van der Waals surface area contributed by atoms with E-state index in [-0.39, 0.29) is 18.1 Å². The van der Waals surface area contributed by atoms with E-state index in [2.05, 4.69) is 41.1 Å². The third-order valence-electron chi connectivity index (χ3n) is 5.13. The molecule has 0 aliphatic rings. The van der Waals surface area contributed by atoms with Crippen molar-refractivity contribution in [3.8, 4) is 0 Å². The van der Waals surface area contributed by atoms with Gasteiger partial charge in [-0.25, -0.2) is 14.2 Å². The molecule has 0 fully saturated rings. The zero-order chi connectivity index (χ0) is 21.4. The molecule has 0 aliphatic carbocycles. The van der Waals surface area contributed by atoms with Gasteiger partial charge in [-0.2, -0.15) is 0 Å². The minimum absolute atomic E-state index is 0. The number of urea groups is 1. The summed E-state index contributed by atoms with van der Waals surface area (Å²) in [6.07, 6.45) is 5.66. The fraction of sp³-hybridized carbons (Fsp3) is 0.0435. The predicted molar refractivity (Wildman–Crippen MR) is 131 cm³/mol. The normalized spacial score (nSPS) is 10.8. The largest absolute Gasteiger partial charge is 0.346 e. The van der Waals surface area contributed by atoms with Crippen LogP contribution in [0.4, 0.5) is 20.6 Å². The van der Waals surface area contributed by atoms with E-state index in [1.165, 1.54) is 12.1 Å². The van der Waals surface area contributed by atoms with Gasteiger partial charge in [0.05, 0.1) is 16.9 Å². The summed E-state index contributed by atoms with van der Waals surface area (Å²) in [6, 6.07) is 15.6. The highest BCUT2D eigenvalue weighted by molar-refractivity contribution is 9.10. The molecule has 162 valence electrons. The van der Waals surface area contributed by atoms with Crippen molar-refractivity contribution in [2.45, 2.75) is 6.54 Å². The lowest BCUT2D eigenvalue weighted by Gasteiger charge is -2.11. The summed E-state index contributed by atoms with van der Waals surface area (Å²) in [5.41, 5.74) is 3.72. The van der Waals surface area contributed by atoms with Crippen molar-refractivity contribution in [2.75, 3.05) is 10.6 Å². The number of carbonyl (C=O) groups is 1. The van der Waals surface area contributed by atoms with Crippen molar-refractivity contribution in [3.05, 3.63) is 89.0 Å². The second-order valence-electron chi connectivity index (χ2n) is 7.10. The zero-order valence-electron chi connectivity index (χ0n) is 16.6. The van der Waals surface area contributed by atoms with Crippen LogP contribution in [-0.4, -0.2) is 20.6 Å². The third-order valence-corrected chi connectivity index (χ3v) is 5.62. The van der Waals surface area contributed by atoms with E-state index in [4.69, 9.17) is 0 Å². The van der Waals surface area contributed by atoms with Crippen LogP contribution in [0.5, 0.6) is 0 Å². The fourth-order valence-electron chi connectivity index (χ4n) is 3.68. The maximum absolute atomic E-state index is 13.9. The summed E-state index contributed by atoms with van der Waals surface area (Å²) in [6.45, 7) is 0.666. The molecule has 32 heavy (non-hydrogen) atoms. The van der Waals surface area contributed by atoms with Crippen LogP contribution < -0.4 is 10.6 Å². The monoisotopic (exact) mass is 513 g/mol. The minimum atomic E-state index is -0.514. The summed E-state index contributed by atoms with van der Waals surface area (Å²) in [5, 5.41) is 7.35. The molecule has 3 N–H and O–H groups in total. The molecule has 0 radical (unpaired) electrons. The van der Waals surface area contributed by atoms with Gasteiger partial charge in [-0.05, 0) is 54.1 Å². The molecule has 0 bridgehead atoms. The van der Waals surface area contributed by atoms with Gasteiger partial charge < -0.3 is 20.2 Å². The highest BCUT2D eigenvalue weighted by Crippen LogP contribution is 2.27. The van der Waals surface area contributed by atoms with Crippen LogP contribution in [0.15, 0.2) is 77.7 Å². The second-order valence-corrected chi connectivity index (χ2v) is 8.01. The molecule has 0 saturated heterocycles. The van der Waals surface area contributed by atoms with E-state index >= 15 is 0 Å². The van der Waals surface area contributed by atoms with Crippen LogP contribution in [0, 0.1) is 5.82 Å². The number of aromatic nitrogens is 3. The molecule has 2 aromatic carbocycles. The average molecular weight is 515 g/mol. The molecular weight excluding hydrogens is 497 g/mol. The maximum atomic E-state index is 13.9. The lowest BCUT2D eigenvalue weighted by atomic mass is 10.2. The number of fused-ring (bicyclic) bond motifs is 2. The lowest BCUT2D eigenvalue weighted by molar-refractivity contribution is 0.262. The molecule has 6 nitrogen and oxygen atoms in total. The standard InChI is InChI=1S/C23H17BrFN5O.ClH/c24-15-4-5-18(25)20(12-15)29-23(31)28-19-2-1-3-21-17(19)8-11-30(21)13-14-6-9-26-22-16(14)7-10-27-22;/h1-12H,13H2,(H,26,27)(H2,28,29,31);1H. The van der Waals surface area contributed by atoms with Gasteiger partial charge in [-0.3, -0.25) is 0 Å². The molecule has 0 aliphatic heterocycles. The first-order valence-corrected chi connectivity index (χ1v) is 10.4. The van der Waals surface area contributed by atoms with Gasteiger partial charge in [0.1, 0.15) is 11.5 Å². The number of aromatic amines is 1. The number of hydrogen-bond acceptors (Lipinski definition) is 2. The van der Waals surface area contributed by atoms with Crippen molar-refractivity contribution in [3.63, 3.8) is 0 Å². The van der Waals surface area contributed by atoms with E-state index in [9.17, 15) is 9.18 Å². The number of nitrogens with zero attached hydrogens (tertiary/aromatic N) is 2. The van der Waals surface area contributed by atoms with Crippen LogP contribution in [0.3, 0.4) is 0 Å². The molecule has 0 atom stereocenters. The first-order valence-electron chi connectivity index (χ1n) is 9.60. The van der Waals surface area contributed by atoms with Crippen LogP contribution in [-0.2, 0) is 6.54 Å². The third kappa shape index (κ3) is 4.19. The number of benzene rings is 2. The number of rotatable bonds is 4. The number of pyridine rings is 1. The Labute approximate surface area is 197 Å². The number of hydrogen-bond donors (Lipinski definition) is 3. The van der Waals surface area contributed by atoms with E-state index in [0.29, 0.717) is 16.7 Å². The summed E-state index contributed by atoms with van der Waals surface area (Å²) in [7, 11) is 0. The average Bonchev–Trinajstić information content (AvgIpc) is 3.39. The molecule has 3 aromatic heterocycles. The highest BCUT2D eigenvalue weighted by Gasteiger charge is 2.12. The van der Waals surface area contributed by atoms with Crippen LogP contribution in [0.25, 0.3) is 21.9 Å².